The number of anilines is 2. The molecule has 1 amide bonds. The van der Waals surface area contributed by atoms with E-state index >= 15 is 0 Å². The lowest BCUT2D eigenvalue weighted by Crippen LogP contribution is -2.33. The maximum atomic E-state index is 13.8. The van der Waals surface area contributed by atoms with Crippen LogP contribution in [0.2, 0.25) is 0 Å². The number of aromatic nitrogens is 2. The molecule has 2 aromatic carbocycles. The van der Waals surface area contributed by atoms with Crippen molar-refractivity contribution in [2.24, 2.45) is 5.92 Å². The molecule has 0 unspecified atom stereocenters. The highest BCUT2D eigenvalue weighted by atomic mass is 19.1. The lowest BCUT2D eigenvalue weighted by molar-refractivity contribution is -0.115. The van der Waals surface area contributed by atoms with Gasteiger partial charge in [-0.2, -0.15) is 0 Å². The number of hydrogen-bond acceptors (Lipinski definition) is 4. The molecule has 5 nitrogen and oxygen atoms in total. The van der Waals surface area contributed by atoms with E-state index in [2.05, 4.69) is 27.3 Å². The number of rotatable bonds is 5. The minimum atomic E-state index is -0.375. The Morgan fingerprint density at radius 3 is 2.60 bits per heavy atom. The van der Waals surface area contributed by atoms with Gasteiger partial charge in [0.15, 0.2) is 5.82 Å². The van der Waals surface area contributed by atoms with Crippen molar-refractivity contribution in [1.29, 1.82) is 0 Å². The summed E-state index contributed by atoms with van der Waals surface area (Å²) in [6.07, 6.45) is 2.34. The molecule has 1 aliphatic heterocycles. The fourth-order valence-electron chi connectivity index (χ4n) is 3.66. The first-order valence-corrected chi connectivity index (χ1v) is 10.3. The van der Waals surface area contributed by atoms with Gasteiger partial charge in [0.05, 0.1) is 12.1 Å². The van der Waals surface area contributed by atoms with E-state index in [0.717, 1.165) is 36.1 Å². The molecular weight excluding hydrogens is 379 g/mol. The van der Waals surface area contributed by atoms with Crippen LogP contribution in [0.15, 0.2) is 60.7 Å². The van der Waals surface area contributed by atoms with Crippen molar-refractivity contribution in [2.75, 3.05) is 23.3 Å². The maximum absolute atomic E-state index is 13.8. The van der Waals surface area contributed by atoms with Crippen LogP contribution in [0.1, 0.15) is 25.3 Å². The van der Waals surface area contributed by atoms with E-state index in [4.69, 9.17) is 0 Å². The van der Waals surface area contributed by atoms with Crippen LogP contribution in [0, 0.1) is 11.7 Å². The number of halogens is 1. The monoisotopic (exact) mass is 404 g/mol. The second kappa shape index (κ2) is 9.03. The maximum Gasteiger partial charge on any atom is 0.228 e. The number of nitrogens with one attached hydrogen (secondary N) is 1. The third-order valence-electron chi connectivity index (χ3n) is 5.51. The van der Waals surface area contributed by atoms with Crippen LogP contribution in [0.4, 0.5) is 15.9 Å². The van der Waals surface area contributed by atoms with Crippen molar-refractivity contribution in [1.82, 2.24) is 10.2 Å². The van der Waals surface area contributed by atoms with Crippen molar-refractivity contribution in [3.63, 3.8) is 0 Å². The second-order valence-corrected chi connectivity index (χ2v) is 7.84. The lowest BCUT2D eigenvalue weighted by Gasteiger charge is -2.30. The Morgan fingerprint density at radius 2 is 1.87 bits per heavy atom. The van der Waals surface area contributed by atoms with Crippen molar-refractivity contribution < 1.29 is 9.18 Å². The normalized spacial score (nSPS) is 14.5. The predicted molar refractivity (Wildman–Crippen MR) is 117 cm³/mol. The highest BCUT2D eigenvalue weighted by molar-refractivity contribution is 5.92. The first-order chi connectivity index (χ1) is 14.6. The van der Waals surface area contributed by atoms with Gasteiger partial charge in [0.1, 0.15) is 5.82 Å². The van der Waals surface area contributed by atoms with E-state index in [0.29, 0.717) is 11.3 Å². The number of carbonyl (C=O) groups is 1. The van der Waals surface area contributed by atoms with E-state index in [-0.39, 0.29) is 18.1 Å². The molecule has 6 heteroatoms. The molecular formula is C24H25FN4O. The first-order valence-electron chi connectivity index (χ1n) is 10.3. The van der Waals surface area contributed by atoms with E-state index < -0.39 is 0 Å². The average molecular weight is 404 g/mol. The Hall–Kier alpha value is -3.28. The number of nitrogens with zero attached hydrogens (tertiary/aromatic N) is 3. The lowest BCUT2D eigenvalue weighted by atomic mass is 9.99. The quantitative estimate of drug-likeness (QED) is 0.670. The molecule has 1 fully saturated rings. The molecule has 154 valence electrons. The van der Waals surface area contributed by atoms with Crippen molar-refractivity contribution >= 4 is 17.4 Å². The number of piperidine rings is 1. The minimum Gasteiger partial charge on any atom is -0.355 e. The fourth-order valence-corrected chi connectivity index (χ4v) is 3.66. The smallest absolute Gasteiger partial charge is 0.228 e. The van der Waals surface area contributed by atoms with Crippen molar-refractivity contribution in [2.45, 2.75) is 26.2 Å². The summed E-state index contributed by atoms with van der Waals surface area (Å²) in [4.78, 5) is 14.6. The molecule has 1 saturated heterocycles. The topological polar surface area (TPSA) is 58.1 Å². The van der Waals surface area contributed by atoms with Gasteiger partial charge in [0.2, 0.25) is 5.91 Å². The third-order valence-corrected chi connectivity index (χ3v) is 5.51. The molecule has 1 N–H and O–H groups in total. The van der Waals surface area contributed by atoms with Crippen LogP contribution < -0.4 is 10.2 Å². The summed E-state index contributed by atoms with van der Waals surface area (Å²) in [5.41, 5.74) is 2.63. The average Bonchev–Trinajstić information content (AvgIpc) is 2.76. The van der Waals surface area contributed by atoms with Gasteiger partial charge in [0.25, 0.3) is 0 Å². The van der Waals surface area contributed by atoms with Gasteiger partial charge in [-0.3, -0.25) is 4.79 Å². The molecule has 4 rings (SSSR count). The Bertz CT molecular complexity index is 1010. The fraction of sp³-hybridized carbons (Fsp3) is 0.292. The molecule has 3 aromatic rings. The van der Waals surface area contributed by atoms with E-state index in [1.165, 1.54) is 18.9 Å². The summed E-state index contributed by atoms with van der Waals surface area (Å²) in [5.74, 6) is 1.03. The van der Waals surface area contributed by atoms with Crippen LogP contribution in [0.25, 0.3) is 11.3 Å². The standard InChI is InChI=1S/C24H25FN4O/c1-17-11-13-29(14-12-17)23-10-9-22(27-28-23)19-6-4-7-20(15-19)26-24(30)16-18-5-2-3-8-21(18)25/h2-10,15,17H,11-14,16H2,1H3,(H,26,30). The largest absolute Gasteiger partial charge is 0.355 e. The second-order valence-electron chi connectivity index (χ2n) is 7.84. The predicted octanol–water partition coefficient (Wildman–Crippen LogP) is 4.70. The van der Waals surface area contributed by atoms with Crippen LogP contribution in [0.3, 0.4) is 0 Å². The van der Waals surface area contributed by atoms with Gasteiger partial charge in [0, 0.05) is 24.3 Å². The van der Waals surface area contributed by atoms with E-state index in [1.54, 1.807) is 24.3 Å². The number of carbonyl (C=O) groups excluding carboxylic acids is 1. The molecule has 1 aliphatic rings. The summed E-state index contributed by atoms with van der Waals surface area (Å²) in [5, 5.41) is 11.6. The Balaban J connectivity index is 1.43. The SMILES string of the molecule is CC1CCN(c2ccc(-c3cccc(NC(=O)Cc4ccccc4F)c3)nn2)CC1. The number of hydrogen-bond donors (Lipinski definition) is 1. The first kappa shape index (κ1) is 20.0. The summed E-state index contributed by atoms with van der Waals surface area (Å²) in [6.45, 7) is 4.31. The third kappa shape index (κ3) is 4.82. The van der Waals surface area contributed by atoms with Crippen LogP contribution in [0.5, 0.6) is 0 Å². The summed E-state index contributed by atoms with van der Waals surface area (Å²) < 4.78 is 13.8. The Labute approximate surface area is 176 Å². The van der Waals surface area contributed by atoms with Gasteiger partial charge in [-0.15, -0.1) is 10.2 Å². The van der Waals surface area contributed by atoms with E-state index in [9.17, 15) is 9.18 Å². The number of benzene rings is 2. The molecule has 0 saturated carbocycles. The highest BCUT2D eigenvalue weighted by Gasteiger charge is 2.17. The van der Waals surface area contributed by atoms with Crippen LogP contribution >= 0.6 is 0 Å². The molecule has 0 radical (unpaired) electrons. The summed E-state index contributed by atoms with van der Waals surface area (Å²) in [6, 6.07) is 17.7. The minimum absolute atomic E-state index is 0.0140. The van der Waals surface area contributed by atoms with Gasteiger partial charge in [-0.05, 0) is 54.7 Å². The van der Waals surface area contributed by atoms with Gasteiger partial charge < -0.3 is 10.2 Å². The van der Waals surface area contributed by atoms with Gasteiger partial charge >= 0.3 is 0 Å². The molecule has 0 aliphatic carbocycles. The zero-order valence-electron chi connectivity index (χ0n) is 17.0. The molecule has 30 heavy (non-hydrogen) atoms. The zero-order valence-corrected chi connectivity index (χ0v) is 17.0. The van der Waals surface area contributed by atoms with Crippen LogP contribution in [-0.2, 0) is 11.2 Å². The zero-order chi connectivity index (χ0) is 20.9. The Kier molecular flexibility index (Phi) is 6.02. The molecule has 0 bridgehead atoms. The summed E-state index contributed by atoms with van der Waals surface area (Å²) >= 11 is 0. The molecule has 2 heterocycles. The van der Waals surface area contributed by atoms with Crippen molar-refractivity contribution in [3.8, 4) is 11.3 Å². The number of amides is 1. The van der Waals surface area contributed by atoms with E-state index in [1.807, 2.05) is 30.3 Å². The Morgan fingerprint density at radius 1 is 1.07 bits per heavy atom. The van der Waals surface area contributed by atoms with Gasteiger partial charge in [-0.1, -0.05) is 37.3 Å². The van der Waals surface area contributed by atoms with Crippen molar-refractivity contribution in [3.05, 3.63) is 72.0 Å². The van der Waals surface area contributed by atoms with Gasteiger partial charge in [-0.25, -0.2) is 4.39 Å². The summed E-state index contributed by atoms with van der Waals surface area (Å²) in [7, 11) is 0. The molecule has 1 aromatic heterocycles. The highest BCUT2D eigenvalue weighted by Crippen LogP contribution is 2.24. The molecule has 0 atom stereocenters. The van der Waals surface area contributed by atoms with Crippen LogP contribution in [-0.4, -0.2) is 29.2 Å². The molecule has 0 spiro atoms.